The molecule has 1 fully saturated rings. The third-order valence-electron chi connectivity index (χ3n) is 2.60. The maximum absolute atomic E-state index is 11.2. The minimum absolute atomic E-state index is 0.0232. The van der Waals surface area contributed by atoms with Crippen LogP contribution in [0.4, 0.5) is 0 Å². The molecule has 2 atom stereocenters. The molecule has 1 aliphatic carbocycles. The van der Waals surface area contributed by atoms with Gasteiger partial charge in [0, 0.05) is 6.42 Å². The fraction of sp³-hybridized carbons (Fsp3) is 0.778. The maximum atomic E-state index is 11.2. The highest BCUT2D eigenvalue weighted by molar-refractivity contribution is 5.74. The number of methoxy groups -OCH3 is 1. The standard InChI is InChI=1S/C9H14O4/c1-13-9(12)7-4-2-3-6(7)5-8(10)11/h6-7H,2-5H2,1H3,(H,10,11)/t6-,7+/m0/s1. The lowest BCUT2D eigenvalue weighted by Crippen LogP contribution is -2.22. The third-order valence-corrected chi connectivity index (χ3v) is 2.60. The smallest absolute Gasteiger partial charge is 0.308 e. The quantitative estimate of drug-likeness (QED) is 0.669. The van der Waals surface area contributed by atoms with Crippen LogP contribution >= 0.6 is 0 Å². The summed E-state index contributed by atoms with van der Waals surface area (Å²) in [5, 5.41) is 8.59. The lowest BCUT2D eigenvalue weighted by atomic mass is 9.93. The number of carboxylic acids is 1. The second-order valence-corrected chi connectivity index (χ2v) is 3.42. The number of carbonyl (C=O) groups excluding carboxylic acids is 1. The molecule has 74 valence electrons. The van der Waals surface area contributed by atoms with Crippen LogP contribution < -0.4 is 0 Å². The Balaban J connectivity index is 2.53. The SMILES string of the molecule is COC(=O)[C@@H]1CCC[C@H]1CC(=O)O. The molecule has 0 aliphatic heterocycles. The maximum Gasteiger partial charge on any atom is 0.308 e. The molecule has 0 aromatic rings. The number of esters is 1. The van der Waals surface area contributed by atoms with Crippen molar-refractivity contribution in [3.05, 3.63) is 0 Å². The van der Waals surface area contributed by atoms with Gasteiger partial charge in [-0.05, 0) is 18.8 Å². The van der Waals surface area contributed by atoms with Gasteiger partial charge in [-0.2, -0.15) is 0 Å². The normalized spacial score (nSPS) is 27.2. The zero-order valence-electron chi connectivity index (χ0n) is 7.66. The van der Waals surface area contributed by atoms with Gasteiger partial charge in [-0.15, -0.1) is 0 Å². The predicted octanol–water partition coefficient (Wildman–Crippen LogP) is 1.05. The van der Waals surface area contributed by atoms with Crippen molar-refractivity contribution in [2.45, 2.75) is 25.7 Å². The molecule has 0 aromatic carbocycles. The van der Waals surface area contributed by atoms with Crippen molar-refractivity contribution < 1.29 is 19.4 Å². The number of hydrogen-bond donors (Lipinski definition) is 1. The first-order valence-corrected chi connectivity index (χ1v) is 4.44. The van der Waals surface area contributed by atoms with Crippen LogP contribution in [-0.4, -0.2) is 24.2 Å². The van der Waals surface area contributed by atoms with Crippen molar-refractivity contribution in [1.29, 1.82) is 0 Å². The van der Waals surface area contributed by atoms with Crippen molar-refractivity contribution in [3.63, 3.8) is 0 Å². The van der Waals surface area contributed by atoms with E-state index in [-0.39, 0.29) is 24.2 Å². The molecule has 1 N–H and O–H groups in total. The molecule has 0 bridgehead atoms. The molecule has 1 saturated carbocycles. The summed E-state index contributed by atoms with van der Waals surface area (Å²) in [7, 11) is 1.35. The van der Waals surface area contributed by atoms with E-state index < -0.39 is 5.97 Å². The Morgan fingerprint density at radius 3 is 2.69 bits per heavy atom. The number of rotatable bonds is 3. The van der Waals surface area contributed by atoms with E-state index in [0.29, 0.717) is 0 Å². The van der Waals surface area contributed by atoms with Gasteiger partial charge in [-0.1, -0.05) is 6.42 Å². The van der Waals surface area contributed by atoms with Crippen LogP contribution in [0.15, 0.2) is 0 Å². The van der Waals surface area contributed by atoms with Gasteiger partial charge in [0.2, 0.25) is 0 Å². The van der Waals surface area contributed by atoms with E-state index in [1.807, 2.05) is 0 Å². The van der Waals surface area contributed by atoms with Crippen molar-refractivity contribution >= 4 is 11.9 Å². The van der Waals surface area contributed by atoms with Gasteiger partial charge < -0.3 is 9.84 Å². The minimum atomic E-state index is -0.833. The lowest BCUT2D eigenvalue weighted by Gasteiger charge is -2.14. The molecule has 0 spiro atoms. The summed E-state index contributed by atoms with van der Waals surface area (Å²) in [5.74, 6) is -1.31. The number of ether oxygens (including phenoxy) is 1. The van der Waals surface area contributed by atoms with Crippen LogP contribution in [0, 0.1) is 11.8 Å². The molecule has 4 heteroatoms. The number of hydrogen-bond acceptors (Lipinski definition) is 3. The number of carbonyl (C=O) groups is 2. The van der Waals surface area contributed by atoms with E-state index in [9.17, 15) is 9.59 Å². The molecular weight excluding hydrogens is 172 g/mol. The Hall–Kier alpha value is -1.06. The Morgan fingerprint density at radius 1 is 1.46 bits per heavy atom. The molecule has 0 saturated heterocycles. The second-order valence-electron chi connectivity index (χ2n) is 3.42. The molecule has 0 radical (unpaired) electrons. The zero-order valence-corrected chi connectivity index (χ0v) is 7.66. The van der Waals surface area contributed by atoms with Gasteiger partial charge in [0.15, 0.2) is 0 Å². The molecule has 0 aromatic heterocycles. The van der Waals surface area contributed by atoms with Gasteiger partial charge in [-0.25, -0.2) is 0 Å². The molecule has 0 unspecified atom stereocenters. The van der Waals surface area contributed by atoms with Crippen LogP contribution in [-0.2, 0) is 14.3 Å². The summed E-state index contributed by atoms with van der Waals surface area (Å²) in [6, 6.07) is 0. The molecule has 0 amide bonds. The molecule has 0 heterocycles. The predicted molar refractivity (Wildman–Crippen MR) is 45.1 cm³/mol. The molecule has 1 aliphatic rings. The van der Waals surface area contributed by atoms with E-state index in [2.05, 4.69) is 4.74 Å². The molecule has 1 rings (SSSR count). The molecule has 13 heavy (non-hydrogen) atoms. The summed E-state index contributed by atoms with van der Waals surface area (Å²) in [5.41, 5.74) is 0. The molecule has 4 nitrogen and oxygen atoms in total. The van der Waals surface area contributed by atoms with Gasteiger partial charge in [0.05, 0.1) is 13.0 Å². The van der Waals surface area contributed by atoms with E-state index in [0.717, 1.165) is 19.3 Å². The minimum Gasteiger partial charge on any atom is -0.481 e. The molecular formula is C9H14O4. The van der Waals surface area contributed by atoms with Gasteiger partial charge in [0.25, 0.3) is 0 Å². The van der Waals surface area contributed by atoms with Crippen molar-refractivity contribution in [2.75, 3.05) is 7.11 Å². The first-order chi connectivity index (χ1) is 6.15. The summed E-state index contributed by atoms with van der Waals surface area (Å²) in [4.78, 5) is 21.7. The first-order valence-electron chi connectivity index (χ1n) is 4.44. The van der Waals surface area contributed by atoms with Crippen molar-refractivity contribution in [1.82, 2.24) is 0 Å². The number of aliphatic carboxylic acids is 1. The van der Waals surface area contributed by atoms with E-state index in [1.54, 1.807) is 0 Å². The Kier molecular flexibility index (Phi) is 3.28. The fourth-order valence-electron chi connectivity index (χ4n) is 1.97. The lowest BCUT2D eigenvalue weighted by molar-refractivity contribution is -0.147. The third kappa shape index (κ3) is 2.44. The van der Waals surface area contributed by atoms with Gasteiger partial charge in [0.1, 0.15) is 0 Å². The average molecular weight is 186 g/mol. The Labute approximate surface area is 76.9 Å². The summed E-state index contributed by atoms with van der Waals surface area (Å²) in [6.45, 7) is 0. The highest BCUT2D eigenvalue weighted by atomic mass is 16.5. The second kappa shape index (κ2) is 4.25. The van der Waals surface area contributed by atoms with E-state index in [1.165, 1.54) is 7.11 Å². The number of carboxylic acid groups (broad SMARTS) is 1. The first kappa shape index (κ1) is 10.0. The van der Waals surface area contributed by atoms with Crippen LogP contribution in [0.3, 0.4) is 0 Å². The highest BCUT2D eigenvalue weighted by Gasteiger charge is 2.34. The van der Waals surface area contributed by atoms with Gasteiger partial charge >= 0.3 is 11.9 Å². The summed E-state index contributed by atoms with van der Waals surface area (Å²) in [6.07, 6.45) is 2.61. The van der Waals surface area contributed by atoms with E-state index in [4.69, 9.17) is 5.11 Å². The monoisotopic (exact) mass is 186 g/mol. The van der Waals surface area contributed by atoms with E-state index >= 15 is 0 Å². The highest BCUT2D eigenvalue weighted by Crippen LogP contribution is 2.34. The van der Waals surface area contributed by atoms with Crippen LogP contribution in [0.2, 0.25) is 0 Å². The fourth-order valence-corrected chi connectivity index (χ4v) is 1.97. The van der Waals surface area contributed by atoms with Crippen molar-refractivity contribution in [2.24, 2.45) is 11.8 Å². The van der Waals surface area contributed by atoms with Crippen LogP contribution in [0.5, 0.6) is 0 Å². The van der Waals surface area contributed by atoms with Crippen LogP contribution in [0.1, 0.15) is 25.7 Å². The summed E-state index contributed by atoms with van der Waals surface area (Å²) >= 11 is 0. The Bertz CT molecular complexity index is 212. The average Bonchev–Trinajstić information content (AvgIpc) is 2.50. The topological polar surface area (TPSA) is 63.6 Å². The summed E-state index contributed by atoms with van der Waals surface area (Å²) < 4.78 is 4.61. The van der Waals surface area contributed by atoms with Crippen LogP contribution in [0.25, 0.3) is 0 Å². The van der Waals surface area contributed by atoms with Crippen molar-refractivity contribution in [3.8, 4) is 0 Å². The van der Waals surface area contributed by atoms with Gasteiger partial charge in [-0.3, -0.25) is 9.59 Å². The Morgan fingerprint density at radius 2 is 2.15 bits per heavy atom. The zero-order chi connectivity index (χ0) is 9.84. The largest absolute Gasteiger partial charge is 0.481 e.